The molecule has 0 radical (unpaired) electrons. The van der Waals surface area contributed by atoms with E-state index in [1.807, 2.05) is 13.8 Å². The molecular weight excluding hydrogens is 154 g/mol. The maximum atomic E-state index is 5.33. The van der Waals surface area contributed by atoms with Crippen molar-refractivity contribution in [3.8, 4) is 0 Å². The van der Waals surface area contributed by atoms with Crippen molar-refractivity contribution in [1.29, 1.82) is 0 Å². The van der Waals surface area contributed by atoms with Gasteiger partial charge in [-0.1, -0.05) is 0 Å². The molecule has 0 saturated carbocycles. The van der Waals surface area contributed by atoms with Crippen LogP contribution in [0.3, 0.4) is 0 Å². The van der Waals surface area contributed by atoms with Crippen molar-refractivity contribution in [1.82, 2.24) is 0 Å². The van der Waals surface area contributed by atoms with Crippen LogP contribution in [0.5, 0.6) is 0 Å². The lowest BCUT2D eigenvalue weighted by Gasteiger charge is -2.25. The number of hydrogen-bond acceptors (Lipinski definition) is 3. The molecule has 3 nitrogen and oxygen atoms in total. The van der Waals surface area contributed by atoms with Crippen LogP contribution in [0.4, 0.5) is 0 Å². The van der Waals surface area contributed by atoms with Gasteiger partial charge in [-0.15, -0.1) is 0 Å². The highest BCUT2D eigenvalue weighted by Gasteiger charge is 2.18. The fraction of sp³-hybridized carbons (Fsp3) is 0.778. The third-order valence-corrected chi connectivity index (χ3v) is 1.53. The van der Waals surface area contributed by atoms with Gasteiger partial charge in [-0.25, -0.2) is 0 Å². The number of hydrogen-bond donors (Lipinski definition) is 1. The third kappa shape index (κ3) is 6.04. The van der Waals surface area contributed by atoms with Crippen LogP contribution in [0.15, 0.2) is 12.5 Å². The predicted octanol–water partition coefficient (Wildman–Crippen LogP) is 1.64. The summed E-state index contributed by atoms with van der Waals surface area (Å²) in [5.41, 5.74) is 5.10. The summed E-state index contributed by atoms with van der Waals surface area (Å²) in [6.45, 7) is 8.22. The molecule has 0 heterocycles. The first kappa shape index (κ1) is 11.3. The molecule has 0 atom stereocenters. The van der Waals surface area contributed by atoms with E-state index < -0.39 is 0 Å². The molecule has 0 rings (SSSR count). The molecule has 0 aliphatic rings. The summed E-state index contributed by atoms with van der Waals surface area (Å²) < 4.78 is 10.2. The van der Waals surface area contributed by atoms with Gasteiger partial charge in [0, 0.05) is 13.7 Å². The molecule has 0 aromatic rings. The van der Waals surface area contributed by atoms with Crippen molar-refractivity contribution in [2.24, 2.45) is 5.73 Å². The van der Waals surface area contributed by atoms with Gasteiger partial charge in [0.2, 0.25) is 0 Å². The molecule has 0 spiro atoms. The van der Waals surface area contributed by atoms with Gasteiger partial charge in [-0.3, -0.25) is 0 Å². The third-order valence-electron chi connectivity index (χ3n) is 1.53. The minimum absolute atomic E-state index is 0.232. The highest BCUT2D eigenvalue weighted by Crippen LogP contribution is 2.17. The number of rotatable bonds is 6. The van der Waals surface area contributed by atoms with Crippen LogP contribution in [-0.2, 0) is 9.47 Å². The quantitative estimate of drug-likeness (QED) is 0.490. The smallest absolute Gasteiger partial charge is 0.177 e. The van der Waals surface area contributed by atoms with E-state index in [9.17, 15) is 0 Å². The number of ether oxygens (including phenoxy) is 2. The first-order valence-electron chi connectivity index (χ1n) is 4.10. The van der Waals surface area contributed by atoms with Crippen LogP contribution >= 0.6 is 0 Å². The zero-order valence-corrected chi connectivity index (χ0v) is 8.22. The number of nitrogens with two attached hydrogens (primary N) is 1. The van der Waals surface area contributed by atoms with Gasteiger partial charge in [0.25, 0.3) is 0 Å². The van der Waals surface area contributed by atoms with Gasteiger partial charge in [-0.05, 0) is 33.3 Å². The van der Waals surface area contributed by atoms with Gasteiger partial charge in [-0.2, -0.15) is 0 Å². The standard InChI is InChI=1S/C9H19NO2/c1-8(10)12-9(2,3)6-5-7-11-4/h1,5-7,10H2,2-4H3. The molecular formula is C9H19NO2. The van der Waals surface area contributed by atoms with Crippen molar-refractivity contribution >= 4 is 0 Å². The second-order valence-corrected chi connectivity index (χ2v) is 3.42. The van der Waals surface area contributed by atoms with Crippen molar-refractivity contribution in [3.05, 3.63) is 12.5 Å². The monoisotopic (exact) mass is 173 g/mol. The predicted molar refractivity (Wildman–Crippen MR) is 49.6 cm³/mol. The lowest BCUT2D eigenvalue weighted by atomic mass is 10.0. The van der Waals surface area contributed by atoms with Gasteiger partial charge >= 0.3 is 0 Å². The fourth-order valence-electron chi connectivity index (χ4n) is 1.05. The largest absolute Gasteiger partial charge is 0.474 e. The SMILES string of the molecule is C=C(N)OC(C)(C)CCCOC. The van der Waals surface area contributed by atoms with E-state index in [0.29, 0.717) is 0 Å². The lowest BCUT2D eigenvalue weighted by molar-refractivity contribution is 0.0192. The van der Waals surface area contributed by atoms with Crippen molar-refractivity contribution < 1.29 is 9.47 Å². The summed E-state index contributed by atoms with van der Waals surface area (Å²) in [5.74, 6) is 0.275. The van der Waals surface area contributed by atoms with Crippen molar-refractivity contribution in [2.75, 3.05) is 13.7 Å². The number of methoxy groups -OCH3 is 1. The van der Waals surface area contributed by atoms with Crippen LogP contribution < -0.4 is 5.73 Å². The van der Waals surface area contributed by atoms with E-state index in [-0.39, 0.29) is 11.5 Å². The van der Waals surface area contributed by atoms with E-state index in [4.69, 9.17) is 15.2 Å². The Labute approximate surface area is 74.5 Å². The van der Waals surface area contributed by atoms with Gasteiger partial charge in [0.15, 0.2) is 5.88 Å². The van der Waals surface area contributed by atoms with E-state index in [0.717, 1.165) is 19.4 Å². The second-order valence-electron chi connectivity index (χ2n) is 3.42. The van der Waals surface area contributed by atoms with Crippen LogP contribution in [0.2, 0.25) is 0 Å². The van der Waals surface area contributed by atoms with E-state index in [1.54, 1.807) is 7.11 Å². The Morgan fingerprint density at radius 3 is 2.50 bits per heavy atom. The summed E-state index contributed by atoms with van der Waals surface area (Å²) in [5, 5.41) is 0. The van der Waals surface area contributed by atoms with Gasteiger partial charge in [0.1, 0.15) is 5.60 Å². The Hall–Kier alpha value is -0.700. The van der Waals surface area contributed by atoms with Gasteiger partial charge < -0.3 is 15.2 Å². The van der Waals surface area contributed by atoms with E-state index in [1.165, 1.54) is 0 Å². The molecule has 0 saturated heterocycles. The molecule has 0 amide bonds. The summed E-state index contributed by atoms with van der Waals surface area (Å²) in [7, 11) is 1.69. The summed E-state index contributed by atoms with van der Waals surface area (Å²) in [4.78, 5) is 0. The Morgan fingerprint density at radius 2 is 2.08 bits per heavy atom. The van der Waals surface area contributed by atoms with E-state index in [2.05, 4.69) is 6.58 Å². The Balaban J connectivity index is 3.63. The lowest BCUT2D eigenvalue weighted by Crippen LogP contribution is -2.26. The maximum absolute atomic E-state index is 5.33. The van der Waals surface area contributed by atoms with Crippen LogP contribution in [-0.4, -0.2) is 19.3 Å². The van der Waals surface area contributed by atoms with Crippen LogP contribution in [0.1, 0.15) is 26.7 Å². The molecule has 3 heteroatoms. The summed E-state index contributed by atoms with van der Waals surface area (Å²) >= 11 is 0. The van der Waals surface area contributed by atoms with Gasteiger partial charge in [0.05, 0.1) is 0 Å². The molecule has 0 bridgehead atoms. The molecule has 0 fully saturated rings. The first-order chi connectivity index (χ1) is 5.48. The minimum atomic E-state index is -0.232. The van der Waals surface area contributed by atoms with Crippen molar-refractivity contribution in [3.63, 3.8) is 0 Å². The average Bonchev–Trinajstić information content (AvgIpc) is 1.84. The van der Waals surface area contributed by atoms with Crippen LogP contribution in [0.25, 0.3) is 0 Å². The molecule has 2 N–H and O–H groups in total. The summed E-state index contributed by atoms with van der Waals surface area (Å²) in [6.07, 6.45) is 1.88. The minimum Gasteiger partial charge on any atom is -0.474 e. The molecule has 0 aromatic carbocycles. The van der Waals surface area contributed by atoms with E-state index >= 15 is 0 Å². The highest BCUT2D eigenvalue weighted by atomic mass is 16.5. The first-order valence-corrected chi connectivity index (χ1v) is 4.10. The molecule has 72 valence electrons. The summed E-state index contributed by atoms with van der Waals surface area (Å²) in [6, 6.07) is 0. The Bertz CT molecular complexity index is 143. The average molecular weight is 173 g/mol. The fourth-order valence-corrected chi connectivity index (χ4v) is 1.05. The zero-order valence-electron chi connectivity index (χ0n) is 8.22. The normalized spacial score (nSPS) is 11.2. The maximum Gasteiger partial charge on any atom is 0.177 e. The Morgan fingerprint density at radius 1 is 1.50 bits per heavy atom. The molecule has 0 aliphatic carbocycles. The topological polar surface area (TPSA) is 44.5 Å². The molecule has 0 aliphatic heterocycles. The molecule has 0 unspecified atom stereocenters. The highest BCUT2D eigenvalue weighted by molar-refractivity contribution is 4.80. The van der Waals surface area contributed by atoms with Crippen LogP contribution in [0, 0.1) is 0 Å². The van der Waals surface area contributed by atoms with Crippen molar-refractivity contribution in [2.45, 2.75) is 32.3 Å². The Kier molecular flexibility index (Phi) is 4.74. The molecule has 0 aromatic heterocycles. The second kappa shape index (κ2) is 5.04. The zero-order chi connectivity index (χ0) is 9.61. The molecule has 12 heavy (non-hydrogen) atoms.